The van der Waals surface area contributed by atoms with Crippen molar-refractivity contribution in [2.45, 2.75) is 33.1 Å². The lowest BCUT2D eigenvalue weighted by Crippen LogP contribution is -2.48. The number of rotatable bonds is 5. The number of hydrogen-bond donors (Lipinski definition) is 2. The van der Waals surface area contributed by atoms with E-state index >= 15 is 0 Å². The highest BCUT2D eigenvalue weighted by Crippen LogP contribution is 2.22. The monoisotopic (exact) mass is 539 g/mol. The lowest BCUT2D eigenvalue weighted by molar-refractivity contribution is 0.208. The van der Waals surface area contributed by atoms with Crippen LogP contribution >= 0.6 is 24.0 Å². The molecule has 1 aliphatic heterocycles. The molecule has 2 unspecified atom stereocenters. The van der Waals surface area contributed by atoms with Crippen LogP contribution in [0.25, 0.3) is 5.69 Å². The minimum Gasteiger partial charge on any atom is -0.382 e. The molecule has 1 saturated heterocycles. The maximum absolute atomic E-state index is 13.2. The first-order valence-corrected chi connectivity index (χ1v) is 10.4. The Bertz CT molecular complexity index is 923. The van der Waals surface area contributed by atoms with E-state index in [1.54, 1.807) is 12.1 Å². The zero-order chi connectivity index (χ0) is 21.7. The molecule has 2 atom stereocenters. The number of aliphatic imine (C=N–C) groups is 1. The van der Waals surface area contributed by atoms with Crippen molar-refractivity contribution >= 4 is 35.8 Å². The molecule has 1 aliphatic rings. The van der Waals surface area contributed by atoms with Gasteiger partial charge in [0.1, 0.15) is 23.3 Å². The van der Waals surface area contributed by atoms with Gasteiger partial charge in [-0.15, -0.1) is 24.0 Å². The Morgan fingerprint density at radius 3 is 2.52 bits per heavy atom. The highest BCUT2D eigenvalue weighted by molar-refractivity contribution is 14.0. The number of halogens is 2. The van der Waals surface area contributed by atoms with Crippen molar-refractivity contribution in [1.29, 1.82) is 5.26 Å². The summed E-state index contributed by atoms with van der Waals surface area (Å²) in [6, 6.07) is 8.03. The summed E-state index contributed by atoms with van der Waals surface area (Å²) in [5.74, 6) is 2.18. The molecule has 0 bridgehead atoms. The Morgan fingerprint density at radius 1 is 1.29 bits per heavy atom. The number of piperidine rings is 1. The number of benzene rings is 1. The van der Waals surface area contributed by atoms with E-state index in [0.29, 0.717) is 35.2 Å². The number of nitrogens with one attached hydrogen (secondary N) is 1. The number of nitrogen functional groups attached to an aromatic ring is 1. The molecule has 2 aromatic rings. The molecule has 0 amide bonds. The summed E-state index contributed by atoms with van der Waals surface area (Å²) in [5, 5.41) is 17.5. The minimum absolute atomic E-state index is 0. The number of anilines is 1. The van der Waals surface area contributed by atoms with Crippen molar-refractivity contribution in [3.8, 4) is 11.8 Å². The number of guanidine groups is 1. The maximum atomic E-state index is 13.2. The number of hydrogen-bond acceptors (Lipinski definition) is 4. The van der Waals surface area contributed by atoms with Crippen LogP contribution in [-0.4, -0.2) is 47.3 Å². The number of nitrogens with zero attached hydrogens (tertiary/aromatic N) is 5. The van der Waals surface area contributed by atoms with Gasteiger partial charge in [-0.3, -0.25) is 4.99 Å². The third kappa shape index (κ3) is 6.09. The summed E-state index contributed by atoms with van der Waals surface area (Å²) in [7, 11) is 1.81. The molecule has 0 aliphatic carbocycles. The number of aromatic nitrogens is 2. The first-order valence-electron chi connectivity index (χ1n) is 10.4. The third-order valence-corrected chi connectivity index (χ3v) is 5.43. The molecular weight excluding hydrogens is 508 g/mol. The van der Waals surface area contributed by atoms with Gasteiger partial charge in [0.15, 0.2) is 5.96 Å². The van der Waals surface area contributed by atoms with E-state index in [1.165, 1.54) is 23.2 Å². The van der Waals surface area contributed by atoms with Gasteiger partial charge in [0, 0.05) is 26.7 Å². The van der Waals surface area contributed by atoms with Gasteiger partial charge in [0.25, 0.3) is 0 Å². The van der Waals surface area contributed by atoms with Gasteiger partial charge in [0.05, 0.1) is 11.4 Å². The van der Waals surface area contributed by atoms with Crippen LogP contribution < -0.4 is 11.1 Å². The second kappa shape index (κ2) is 11.3. The van der Waals surface area contributed by atoms with Gasteiger partial charge in [-0.05, 0) is 55.4 Å². The number of aryl methyl sites for hydroxylation is 1. The highest BCUT2D eigenvalue weighted by atomic mass is 127. The van der Waals surface area contributed by atoms with E-state index in [-0.39, 0.29) is 35.6 Å². The largest absolute Gasteiger partial charge is 0.382 e. The van der Waals surface area contributed by atoms with Crippen molar-refractivity contribution in [1.82, 2.24) is 20.0 Å². The van der Waals surface area contributed by atoms with Crippen LogP contribution in [0, 0.1) is 29.0 Å². The average molecular weight is 539 g/mol. The molecule has 9 heteroatoms. The highest BCUT2D eigenvalue weighted by Gasteiger charge is 2.24. The van der Waals surface area contributed by atoms with Crippen molar-refractivity contribution in [2.75, 3.05) is 32.4 Å². The molecule has 0 saturated carbocycles. The van der Waals surface area contributed by atoms with Crippen molar-refractivity contribution in [2.24, 2.45) is 16.8 Å². The summed E-state index contributed by atoms with van der Waals surface area (Å²) in [6.45, 7) is 7.31. The predicted octanol–water partition coefficient (Wildman–Crippen LogP) is 3.57. The van der Waals surface area contributed by atoms with E-state index in [9.17, 15) is 9.65 Å². The Labute approximate surface area is 200 Å². The van der Waals surface area contributed by atoms with Crippen LogP contribution in [0.15, 0.2) is 29.3 Å². The third-order valence-electron chi connectivity index (χ3n) is 5.43. The van der Waals surface area contributed by atoms with E-state index in [0.717, 1.165) is 32.0 Å². The summed E-state index contributed by atoms with van der Waals surface area (Å²) < 4.78 is 14.7. The zero-order valence-electron chi connectivity index (χ0n) is 18.3. The van der Waals surface area contributed by atoms with E-state index in [2.05, 4.69) is 40.2 Å². The second-order valence-electron chi connectivity index (χ2n) is 8.14. The van der Waals surface area contributed by atoms with Gasteiger partial charge in [-0.2, -0.15) is 10.4 Å². The quantitative estimate of drug-likeness (QED) is 0.262. The zero-order valence-corrected chi connectivity index (χ0v) is 20.6. The molecule has 3 rings (SSSR count). The smallest absolute Gasteiger partial charge is 0.193 e. The van der Waals surface area contributed by atoms with Gasteiger partial charge in [-0.25, -0.2) is 9.07 Å². The number of nitrogens with two attached hydrogens (primary N) is 1. The fourth-order valence-electron chi connectivity index (χ4n) is 4.18. The van der Waals surface area contributed by atoms with Crippen LogP contribution in [-0.2, 0) is 6.42 Å². The van der Waals surface area contributed by atoms with E-state index < -0.39 is 0 Å². The molecule has 168 valence electrons. The van der Waals surface area contributed by atoms with Gasteiger partial charge in [0.2, 0.25) is 0 Å². The summed E-state index contributed by atoms with van der Waals surface area (Å²) in [6.07, 6.45) is 2.65. The van der Waals surface area contributed by atoms with Gasteiger partial charge >= 0.3 is 0 Å². The molecule has 1 aromatic heterocycles. The first kappa shape index (κ1) is 24.9. The lowest BCUT2D eigenvalue weighted by Gasteiger charge is -2.37. The fourth-order valence-corrected chi connectivity index (χ4v) is 4.18. The van der Waals surface area contributed by atoms with Gasteiger partial charge in [-0.1, -0.05) is 13.8 Å². The molecule has 0 radical (unpaired) electrons. The number of nitriles is 1. The minimum atomic E-state index is -0.331. The normalized spacial score (nSPS) is 18.9. The molecular formula is C22H31FIN7. The van der Waals surface area contributed by atoms with Crippen LogP contribution in [0.2, 0.25) is 0 Å². The predicted molar refractivity (Wildman–Crippen MR) is 132 cm³/mol. The van der Waals surface area contributed by atoms with Crippen LogP contribution in [0.4, 0.5) is 10.2 Å². The van der Waals surface area contributed by atoms with Gasteiger partial charge < -0.3 is 16.0 Å². The molecule has 3 N–H and O–H groups in total. The van der Waals surface area contributed by atoms with E-state index in [4.69, 9.17) is 5.73 Å². The fraction of sp³-hybridized carbons (Fsp3) is 0.500. The molecule has 0 spiro atoms. The Morgan fingerprint density at radius 2 is 1.94 bits per heavy atom. The Hall–Kier alpha value is -2.35. The topological polar surface area (TPSA) is 95.3 Å². The van der Waals surface area contributed by atoms with Crippen LogP contribution in [0.3, 0.4) is 0 Å². The van der Waals surface area contributed by atoms with E-state index in [1.807, 2.05) is 7.05 Å². The molecule has 7 nitrogen and oxygen atoms in total. The summed E-state index contributed by atoms with van der Waals surface area (Å²) in [5.41, 5.74) is 7.78. The average Bonchev–Trinajstić information content (AvgIpc) is 3.03. The molecule has 1 aromatic carbocycles. The summed E-state index contributed by atoms with van der Waals surface area (Å²) >= 11 is 0. The Kier molecular flexibility index (Phi) is 9.10. The van der Waals surface area contributed by atoms with Crippen LogP contribution in [0.5, 0.6) is 0 Å². The second-order valence-corrected chi connectivity index (χ2v) is 8.14. The lowest BCUT2D eigenvalue weighted by atomic mass is 9.92. The van der Waals surface area contributed by atoms with Crippen molar-refractivity contribution in [3.63, 3.8) is 0 Å². The number of likely N-dealkylation sites (tertiary alicyclic amines) is 1. The maximum Gasteiger partial charge on any atom is 0.193 e. The SMILES string of the molecule is CN=C(NCCCc1nn(-c2ccc(F)cc2)c(N)c1C#N)N1CC(C)CC(C)C1.I. The Balaban J connectivity index is 0.00000341. The standard InChI is InChI=1S/C22H30FN7.HI/c1-15-11-16(2)14-29(13-15)22(26-3)27-10-4-5-20-19(12-24)21(25)30(28-20)18-8-6-17(23)7-9-18;/h6-9,15-16H,4-5,10-11,13-14,25H2,1-3H3,(H,26,27);1H. The van der Waals surface area contributed by atoms with Crippen molar-refractivity contribution < 1.29 is 4.39 Å². The van der Waals surface area contributed by atoms with Crippen LogP contribution in [0.1, 0.15) is 37.9 Å². The first-order chi connectivity index (χ1) is 14.4. The molecule has 1 fully saturated rings. The summed E-state index contributed by atoms with van der Waals surface area (Å²) in [4.78, 5) is 6.75. The van der Waals surface area contributed by atoms with Crippen molar-refractivity contribution in [3.05, 3.63) is 41.3 Å². The molecule has 2 heterocycles. The molecule has 31 heavy (non-hydrogen) atoms.